The molecule has 16 heavy (non-hydrogen) atoms. The summed E-state index contributed by atoms with van der Waals surface area (Å²) < 4.78 is 5.58. The SMILES string of the molecule is C=CCNC(=O)[C@@H](CC)Oc1ccccc1. The third kappa shape index (κ3) is 3.77. The Labute approximate surface area is 96.1 Å². The third-order valence-corrected chi connectivity index (χ3v) is 2.11. The van der Waals surface area contributed by atoms with E-state index in [1.807, 2.05) is 37.3 Å². The standard InChI is InChI=1S/C13H17NO2/c1-3-10-14-13(15)12(4-2)16-11-8-6-5-7-9-11/h3,5-9,12H,1,4,10H2,2H3,(H,14,15)/t12-/m1/s1. The van der Waals surface area contributed by atoms with E-state index in [0.717, 1.165) is 0 Å². The molecule has 0 radical (unpaired) electrons. The number of rotatable bonds is 6. The fourth-order valence-corrected chi connectivity index (χ4v) is 1.27. The summed E-state index contributed by atoms with van der Waals surface area (Å²) in [6.45, 7) is 5.93. The smallest absolute Gasteiger partial charge is 0.261 e. The molecule has 0 bridgehead atoms. The molecule has 86 valence electrons. The van der Waals surface area contributed by atoms with E-state index in [2.05, 4.69) is 11.9 Å². The van der Waals surface area contributed by atoms with Crippen LogP contribution in [0.5, 0.6) is 5.75 Å². The first kappa shape index (κ1) is 12.3. The highest BCUT2D eigenvalue weighted by Crippen LogP contribution is 2.12. The molecular weight excluding hydrogens is 202 g/mol. The lowest BCUT2D eigenvalue weighted by Crippen LogP contribution is -2.37. The average Bonchev–Trinajstić information content (AvgIpc) is 2.34. The van der Waals surface area contributed by atoms with Crippen LogP contribution in [0, 0.1) is 0 Å². The van der Waals surface area contributed by atoms with Gasteiger partial charge in [0, 0.05) is 6.54 Å². The molecule has 0 unspecified atom stereocenters. The number of nitrogens with one attached hydrogen (secondary N) is 1. The van der Waals surface area contributed by atoms with Gasteiger partial charge in [0.25, 0.3) is 5.91 Å². The first-order valence-electron chi connectivity index (χ1n) is 5.38. The summed E-state index contributed by atoms with van der Waals surface area (Å²) in [7, 11) is 0. The summed E-state index contributed by atoms with van der Waals surface area (Å²) in [4.78, 5) is 11.7. The maximum absolute atomic E-state index is 11.7. The van der Waals surface area contributed by atoms with Gasteiger partial charge in [-0.05, 0) is 18.6 Å². The van der Waals surface area contributed by atoms with E-state index < -0.39 is 6.10 Å². The summed E-state index contributed by atoms with van der Waals surface area (Å²) >= 11 is 0. The van der Waals surface area contributed by atoms with Crippen LogP contribution in [0.15, 0.2) is 43.0 Å². The number of carbonyl (C=O) groups is 1. The monoisotopic (exact) mass is 219 g/mol. The van der Waals surface area contributed by atoms with Crippen molar-refractivity contribution >= 4 is 5.91 Å². The summed E-state index contributed by atoms with van der Waals surface area (Å²) in [6, 6.07) is 9.34. The summed E-state index contributed by atoms with van der Waals surface area (Å²) in [5.41, 5.74) is 0. The highest BCUT2D eigenvalue weighted by atomic mass is 16.5. The van der Waals surface area contributed by atoms with Gasteiger partial charge in [-0.3, -0.25) is 4.79 Å². The second kappa shape index (κ2) is 6.67. The molecular formula is C13H17NO2. The number of ether oxygens (including phenoxy) is 1. The van der Waals surface area contributed by atoms with E-state index in [9.17, 15) is 4.79 Å². The fraction of sp³-hybridized carbons (Fsp3) is 0.308. The van der Waals surface area contributed by atoms with Gasteiger partial charge in [-0.2, -0.15) is 0 Å². The van der Waals surface area contributed by atoms with E-state index in [4.69, 9.17) is 4.74 Å². The first-order chi connectivity index (χ1) is 7.77. The number of para-hydroxylation sites is 1. The van der Waals surface area contributed by atoms with Gasteiger partial charge < -0.3 is 10.1 Å². The normalized spacial score (nSPS) is 11.6. The van der Waals surface area contributed by atoms with Crippen LogP contribution < -0.4 is 10.1 Å². The Hall–Kier alpha value is -1.77. The van der Waals surface area contributed by atoms with Crippen LogP contribution in [0.1, 0.15) is 13.3 Å². The molecule has 0 heterocycles. The molecule has 1 amide bonds. The summed E-state index contributed by atoms with van der Waals surface area (Å²) in [6.07, 6.45) is 1.84. The van der Waals surface area contributed by atoms with Crippen LogP contribution in [0.4, 0.5) is 0 Å². The van der Waals surface area contributed by atoms with Gasteiger partial charge in [0.1, 0.15) is 5.75 Å². The van der Waals surface area contributed by atoms with Crippen molar-refractivity contribution in [2.24, 2.45) is 0 Å². The number of benzene rings is 1. The second-order valence-corrected chi connectivity index (χ2v) is 3.36. The van der Waals surface area contributed by atoms with Gasteiger partial charge >= 0.3 is 0 Å². The molecule has 3 heteroatoms. The molecule has 0 fully saturated rings. The van der Waals surface area contributed by atoms with Crippen LogP contribution in [0.2, 0.25) is 0 Å². The van der Waals surface area contributed by atoms with Crippen molar-refractivity contribution in [3.8, 4) is 5.75 Å². The molecule has 0 aliphatic carbocycles. The van der Waals surface area contributed by atoms with Crippen LogP contribution in [0.25, 0.3) is 0 Å². The van der Waals surface area contributed by atoms with E-state index in [1.165, 1.54) is 0 Å². The summed E-state index contributed by atoms with van der Waals surface area (Å²) in [5, 5.41) is 2.72. The van der Waals surface area contributed by atoms with Gasteiger partial charge in [-0.1, -0.05) is 31.2 Å². The topological polar surface area (TPSA) is 38.3 Å². The van der Waals surface area contributed by atoms with E-state index >= 15 is 0 Å². The maximum Gasteiger partial charge on any atom is 0.261 e. The van der Waals surface area contributed by atoms with Crippen molar-refractivity contribution in [3.05, 3.63) is 43.0 Å². The molecule has 1 N–H and O–H groups in total. The highest BCUT2D eigenvalue weighted by Gasteiger charge is 2.16. The molecule has 1 atom stereocenters. The molecule has 0 saturated heterocycles. The van der Waals surface area contributed by atoms with Crippen molar-refractivity contribution in [1.29, 1.82) is 0 Å². The average molecular weight is 219 g/mol. The molecule has 0 aromatic heterocycles. The zero-order valence-electron chi connectivity index (χ0n) is 9.48. The minimum Gasteiger partial charge on any atom is -0.481 e. The summed E-state index contributed by atoms with van der Waals surface area (Å²) in [5.74, 6) is 0.606. The molecule has 0 aliphatic heterocycles. The fourth-order valence-electron chi connectivity index (χ4n) is 1.27. The minimum atomic E-state index is -0.442. The lowest BCUT2D eigenvalue weighted by molar-refractivity contribution is -0.127. The maximum atomic E-state index is 11.7. The predicted octanol–water partition coefficient (Wildman–Crippen LogP) is 2.15. The lowest BCUT2D eigenvalue weighted by atomic mass is 10.2. The van der Waals surface area contributed by atoms with Crippen LogP contribution >= 0.6 is 0 Å². The molecule has 0 spiro atoms. The third-order valence-electron chi connectivity index (χ3n) is 2.11. The van der Waals surface area contributed by atoms with E-state index in [1.54, 1.807) is 6.08 Å². The first-order valence-corrected chi connectivity index (χ1v) is 5.38. The molecule has 1 aromatic carbocycles. The highest BCUT2D eigenvalue weighted by molar-refractivity contribution is 5.81. The molecule has 0 aliphatic rings. The second-order valence-electron chi connectivity index (χ2n) is 3.36. The van der Waals surface area contributed by atoms with Gasteiger partial charge in [-0.15, -0.1) is 6.58 Å². The van der Waals surface area contributed by atoms with Gasteiger partial charge in [-0.25, -0.2) is 0 Å². The quantitative estimate of drug-likeness (QED) is 0.744. The zero-order chi connectivity index (χ0) is 11.8. The van der Waals surface area contributed by atoms with Gasteiger partial charge in [0.15, 0.2) is 6.10 Å². The minimum absolute atomic E-state index is 0.105. The largest absolute Gasteiger partial charge is 0.481 e. The Kier molecular flexibility index (Phi) is 5.12. The molecule has 1 rings (SSSR count). The number of amides is 1. The van der Waals surface area contributed by atoms with Crippen molar-refractivity contribution in [3.63, 3.8) is 0 Å². The Morgan fingerprint density at radius 3 is 2.75 bits per heavy atom. The van der Waals surface area contributed by atoms with Crippen molar-refractivity contribution in [2.45, 2.75) is 19.4 Å². The Morgan fingerprint density at radius 1 is 1.50 bits per heavy atom. The zero-order valence-corrected chi connectivity index (χ0v) is 9.48. The molecule has 3 nitrogen and oxygen atoms in total. The van der Waals surface area contributed by atoms with Crippen LogP contribution in [-0.2, 0) is 4.79 Å². The van der Waals surface area contributed by atoms with E-state index in [0.29, 0.717) is 18.7 Å². The Bertz CT molecular complexity index is 335. The van der Waals surface area contributed by atoms with Crippen molar-refractivity contribution in [2.75, 3.05) is 6.54 Å². The predicted molar refractivity (Wildman–Crippen MR) is 64.4 cm³/mol. The van der Waals surface area contributed by atoms with Crippen LogP contribution in [-0.4, -0.2) is 18.6 Å². The Balaban J connectivity index is 2.55. The van der Waals surface area contributed by atoms with Crippen molar-refractivity contribution in [1.82, 2.24) is 5.32 Å². The number of hydrogen-bond acceptors (Lipinski definition) is 2. The van der Waals surface area contributed by atoms with Gasteiger partial charge in [0.2, 0.25) is 0 Å². The lowest BCUT2D eigenvalue weighted by Gasteiger charge is -2.16. The number of carbonyl (C=O) groups excluding carboxylic acids is 1. The number of hydrogen-bond donors (Lipinski definition) is 1. The molecule has 1 aromatic rings. The van der Waals surface area contributed by atoms with E-state index in [-0.39, 0.29) is 5.91 Å². The van der Waals surface area contributed by atoms with Crippen LogP contribution in [0.3, 0.4) is 0 Å². The van der Waals surface area contributed by atoms with Crippen molar-refractivity contribution < 1.29 is 9.53 Å². The molecule has 0 saturated carbocycles. The van der Waals surface area contributed by atoms with Gasteiger partial charge in [0.05, 0.1) is 0 Å². The Morgan fingerprint density at radius 2 is 2.19 bits per heavy atom.